The van der Waals surface area contributed by atoms with E-state index in [9.17, 15) is 18.0 Å². The maximum absolute atomic E-state index is 12.6. The summed E-state index contributed by atoms with van der Waals surface area (Å²) in [5.41, 5.74) is 9.68. The van der Waals surface area contributed by atoms with Crippen molar-refractivity contribution < 1.29 is 27.9 Å². The molecule has 8 nitrogen and oxygen atoms in total. The highest BCUT2D eigenvalue weighted by Crippen LogP contribution is 2.21. The third-order valence-corrected chi connectivity index (χ3v) is 4.40. The maximum Gasteiger partial charge on any atom is 0.490 e. The monoisotopic (exact) mass is 463 g/mol. The molecule has 11 heteroatoms. The number of nitrogens with one attached hydrogen (secondary N) is 1. The largest absolute Gasteiger partial charge is 0.490 e. The van der Waals surface area contributed by atoms with Crippen LogP contribution < -0.4 is 11.1 Å². The number of alkyl halides is 3. The number of aliphatic carboxylic acids is 1. The van der Waals surface area contributed by atoms with E-state index in [1.54, 1.807) is 4.68 Å². The first kappa shape index (κ1) is 25.5. The Bertz CT molecular complexity index is 1080. The molecular formula is C22H24F3N5O3. The second-order valence-corrected chi connectivity index (χ2v) is 7.29. The van der Waals surface area contributed by atoms with Crippen LogP contribution in [0.1, 0.15) is 29.3 Å². The number of para-hydroxylation sites is 1. The van der Waals surface area contributed by atoms with E-state index in [2.05, 4.69) is 15.6 Å². The normalized spacial score (nSPS) is 11.8. The minimum absolute atomic E-state index is 0.121. The molecule has 33 heavy (non-hydrogen) atoms. The standard InChI is InChI=1S/C20H23N5O.C2HF3O2/c1-14-8-9-16(19-13-25(24-23-19)11-10-15(2)21)12-18(14)20(26)22-17-6-4-3-5-7-17;3-2(4,5)1(6)7/h3-9,12-13,15H,10-11,21H2,1-2H3,(H,22,26);(H,6,7)/t15-;/m1./s1. The number of aromatic nitrogens is 3. The van der Waals surface area contributed by atoms with Gasteiger partial charge in [-0.05, 0) is 44.0 Å². The van der Waals surface area contributed by atoms with Crippen molar-refractivity contribution in [2.45, 2.75) is 39.0 Å². The fraction of sp³-hybridized carbons (Fsp3) is 0.273. The Kier molecular flexibility index (Phi) is 8.69. The first-order valence-electron chi connectivity index (χ1n) is 9.90. The van der Waals surface area contributed by atoms with Crippen molar-refractivity contribution in [1.82, 2.24) is 15.0 Å². The summed E-state index contributed by atoms with van der Waals surface area (Å²) in [5.74, 6) is -2.90. The number of anilines is 1. The third kappa shape index (κ3) is 8.04. The van der Waals surface area contributed by atoms with Crippen LogP contribution in [0, 0.1) is 6.92 Å². The van der Waals surface area contributed by atoms with Gasteiger partial charge in [-0.25, -0.2) is 4.79 Å². The lowest BCUT2D eigenvalue weighted by Crippen LogP contribution is -2.21. The number of aryl methyl sites for hydroxylation is 2. The highest BCUT2D eigenvalue weighted by Gasteiger charge is 2.38. The van der Waals surface area contributed by atoms with E-state index in [1.807, 2.05) is 68.6 Å². The zero-order valence-electron chi connectivity index (χ0n) is 18.0. The van der Waals surface area contributed by atoms with Crippen LogP contribution in [0.15, 0.2) is 54.7 Å². The number of hydrogen-bond donors (Lipinski definition) is 3. The summed E-state index contributed by atoms with van der Waals surface area (Å²) in [6.07, 6.45) is -2.37. The number of halogens is 3. The van der Waals surface area contributed by atoms with Gasteiger partial charge in [0.25, 0.3) is 5.91 Å². The number of carboxylic acids is 1. The zero-order valence-corrected chi connectivity index (χ0v) is 18.0. The number of rotatable bonds is 6. The summed E-state index contributed by atoms with van der Waals surface area (Å²) in [5, 5.41) is 18.4. The number of nitrogens with zero attached hydrogens (tertiary/aromatic N) is 3. The molecule has 0 aliphatic carbocycles. The average molecular weight is 463 g/mol. The summed E-state index contributed by atoms with van der Waals surface area (Å²) in [6.45, 7) is 4.61. The van der Waals surface area contributed by atoms with Gasteiger partial charge in [0.15, 0.2) is 0 Å². The molecule has 3 aromatic rings. The summed E-state index contributed by atoms with van der Waals surface area (Å²) < 4.78 is 33.5. The van der Waals surface area contributed by atoms with Crippen LogP contribution >= 0.6 is 0 Å². The minimum atomic E-state index is -5.08. The van der Waals surface area contributed by atoms with E-state index in [4.69, 9.17) is 15.6 Å². The molecule has 1 amide bonds. The van der Waals surface area contributed by atoms with Crippen LogP contribution in [0.2, 0.25) is 0 Å². The van der Waals surface area contributed by atoms with Crippen LogP contribution in [0.5, 0.6) is 0 Å². The zero-order chi connectivity index (χ0) is 24.6. The van der Waals surface area contributed by atoms with Gasteiger partial charge in [-0.1, -0.05) is 35.5 Å². The average Bonchev–Trinajstić information content (AvgIpc) is 3.22. The van der Waals surface area contributed by atoms with E-state index in [-0.39, 0.29) is 11.9 Å². The van der Waals surface area contributed by atoms with E-state index in [0.29, 0.717) is 5.56 Å². The Balaban J connectivity index is 0.000000479. The molecule has 0 unspecified atom stereocenters. The molecule has 0 spiro atoms. The van der Waals surface area contributed by atoms with Gasteiger partial charge in [-0.15, -0.1) is 5.10 Å². The predicted octanol–water partition coefficient (Wildman–Crippen LogP) is 3.88. The van der Waals surface area contributed by atoms with Gasteiger partial charge < -0.3 is 16.2 Å². The Morgan fingerprint density at radius 2 is 1.82 bits per heavy atom. The quantitative estimate of drug-likeness (QED) is 0.510. The summed E-state index contributed by atoms with van der Waals surface area (Å²) in [4.78, 5) is 21.5. The lowest BCUT2D eigenvalue weighted by Gasteiger charge is -2.09. The topological polar surface area (TPSA) is 123 Å². The second-order valence-electron chi connectivity index (χ2n) is 7.29. The molecule has 0 aliphatic rings. The fourth-order valence-corrected chi connectivity index (χ4v) is 2.62. The lowest BCUT2D eigenvalue weighted by atomic mass is 10.0. The molecule has 0 saturated carbocycles. The Morgan fingerprint density at radius 3 is 2.39 bits per heavy atom. The maximum atomic E-state index is 12.6. The molecule has 3 rings (SSSR count). The van der Waals surface area contributed by atoms with Crippen molar-refractivity contribution in [2.24, 2.45) is 5.73 Å². The van der Waals surface area contributed by atoms with Crippen molar-refractivity contribution in [3.8, 4) is 11.3 Å². The molecule has 1 aromatic heterocycles. The van der Waals surface area contributed by atoms with Crippen molar-refractivity contribution in [2.75, 3.05) is 5.32 Å². The van der Waals surface area contributed by atoms with Crippen molar-refractivity contribution in [3.63, 3.8) is 0 Å². The van der Waals surface area contributed by atoms with Gasteiger partial charge >= 0.3 is 12.1 Å². The van der Waals surface area contributed by atoms with Crippen molar-refractivity contribution >= 4 is 17.6 Å². The highest BCUT2D eigenvalue weighted by molar-refractivity contribution is 6.05. The number of benzene rings is 2. The molecule has 0 fully saturated rings. The number of carbonyl (C=O) groups excluding carboxylic acids is 1. The molecule has 0 aliphatic heterocycles. The number of amides is 1. The number of hydrogen-bond acceptors (Lipinski definition) is 5. The van der Waals surface area contributed by atoms with Gasteiger partial charge in [-0.2, -0.15) is 13.2 Å². The molecule has 0 saturated heterocycles. The smallest absolute Gasteiger partial charge is 0.475 e. The molecule has 0 radical (unpaired) electrons. The molecule has 176 valence electrons. The molecule has 1 atom stereocenters. The van der Waals surface area contributed by atoms with Crippen molar-refractivity contribution in [3.05, 3.63) is 65.9 Å². The van der Waals surface area contributed by atoms with Crippen LogP contribution in [-0.2, 0) is 11.3 Å². The van der Waals surface area contributed by atoms with E-state index >= 15 is 0 Å². The summed E-state index contributed by atoms with van der Waals surface area (Å²) >= 11 is 0. The molecule has 1 heterocycles. The minimum Gasteiger partial charge on any atom is -0.475 e. The Morgan fingerprint density at radius 1 is 1.18 bits per heavy atom. The number of nitrogens with two attached hydrogens (primary N) is 1. The molecule has 4 N–H and O–H groups in total. The van der Waals surface area contributed by atoms with E-state index in [1.165, 1.54) is 0 Å². The number of carboxylic acid groups (broad SMARTS) is 1. The SMILES string of the molecule is Cc1ccc(-c2cn(CC[C@@H](C)N)nn2)cc1C(=O)Nc1ccccc1.O=C(O)C(F)(F)F. The van der Waals surface area contributed by atoms with Crippen LogP contribution in [-0.4, -0.2) is 44.2 Å². The summed E-state index contributed by atoms with van der Waals surface area (Å²) in [6, 6.07) is 15.3. The Hall–Kier alpha value is -3.73. The van der Waals surface area contributed by atoms with E-state index < -0.39 is 12.1 Å². The van der Waals surface area contributed by atoms with Crippen molar-refractivity contribution in [1.29, 1.82) is 0 Å². The lowest BCUT2D eigenvalue weighted by molar-refractivity contribution is -0.192. The van der Waals surface area contributed by atoms with Crippen LogP contribution in [0.3, 0.4) is 0 Å². The first-order chi connectivity index (χ1) is 15.5. The van der Waals surface area contributed by atoms with Crippen LogP contribution in [0.4, 0.5) is 18.9 Å². The highest BCUT2D eigenvalue weighted by atomic mass is 19.4. The first-order valence-corrected chi connectivity index (χ1v) is 9.90. The van der Waals surface area contributed by atoms with Gasteiger partial charge in [0.2, 0.25) is 0 Å². The predicted molar refractivity (Wildman–Crippen MR) is 117 cm³/mol. The van der Waals surface area contributed by atoms with E-state index in [0.717, 1.165) is 35.5 Å². The molecule has 0 bridgehead atoms. The van der Waals surface area contributed by atoms with Gasteiger partial charge in [0.05, 0.1) is 6.20 Å². The summed E-state index contributed by atoms with van der Waals surface area (Å²) in [7, 11) is 0. The van der Waals surface area contributed by atoms with Gasteiger partial charge in [-0.3, -0.25) is 9.48 Å². The third-order valence-electron chi connectivity index (χ3n) is 4.40. The number of carbonyl (C=O) groups is 2. The molecular weight excluding hydrogens is 439 g/mol. The van der Waals surface area contributed by atoms with Crippen LogP contribution in [0.25, 0.3) is 11.3 Å². The Labute approximate surface area is 188 Å². The molecule has 2 aromatic carbocycles. The van der Waals surface area contributed by atoms with Gasteiger partial charge in [0.1, 0.15) is 5.69 Å². The second kappa shape index (κ2) is 11.2. The van der Waals surface area contributed by atoms with Gasteiger partial charge in [0, 0.05) is 29.4 Å². The fourth-order valence-electron chi connectivity index (χ4n) is 2.62.